The molecular weight excluding hydrogens is 280 g/mol. The average Bonchev–Trinajstić information content (AvgIpc) is 2.48. The second-order valence-corrected chi connectivity index (χ2v) is 3.85. The lowest BCUT2D eigenvalue weighted by atomic mass is 10.3. The average molecular weight is 288 g/mol. The zero-order chi connectivity index (χ0) is 15.4. The first kappa shape index (κ1) is 14.1. The van der Waals surface area contributed by atoms with Gasteiger partial charge < -0.3 is 9.84 Å². The van der Waals surface area contributed by atoms with E-state index in [1.54, 1.807) is 0 Å². The van der Waals surface area contributed by atoms with Crippen molar-refractivity contribution in [2.45, 2.75) is 0 Å². The summed E-state index contributed by atoms with van der Waals surface area (Å²) in [6.45, 7) is 0. The van der Waals surface area contributed by atoms with Crippen molar-refractivity contribution in [2.75, 3.05) is 0 Å². The molecule has 1 heterocycles. The highest BCUT2D eigenvalue weighted by Gasteiger charge is 2.14. The maximum atomic E-state index is 11.8. The molecule has 0 spiro atoms. The van der Waals surface area contributed by atoms with Crippen LogP contribution in [0.1, 0.15) is 21.0 Å². The molecule has 0 saturated heterocycles. The lowest BCUT2D eigenvalue weighted by Gasteiger charge is -2.04. The number of rotatable bonds is 4. The first-order valence-electron chi connectivity index (χ1n) is 5.64. The molecule has 0 fully saturated rings. The molecule has 2 aromatic rings. The molecule has 1 N–H and O–H groups in total. The Morgan fingerprint density at radius 1 is 1.10 bits per heavy atom. The zero-order valence-corrected chi connectivity index (χ0v) is 10.4. The summed E-state index contributed by atoms with van der Waals surface area (Å²) in [5.74, 6) is -2.03. The summed E-state index contributed by atoms with van der Waals surface area (Å²) in [6, 6.07) is 8.80. The monoisotopic (exact) mass is 288 g/mol. The molecule has 0 amide bonds. The predicted octanol–water partition coefficient (Wildman–Crippen LogP) is 1.91. The first-order chi connectivity index (χ1) is 9.97. The first-order valence-corrected chi connectivity index (χ1v) is 5.64. The summed E-state index contributed by atoms with van der Waals surface area (Å²) in [5.41, 5.74) is -0.595. The Kier molecular flexibility index (Phi) is 3.89. The predicted molar refractivity (Wildman–Crippen MR) is 69.3 cm³/mol. The van der Waals surface area contributed by atoms with Gasteiger partial charge in [-0.1, -0.05) is 6.07 Å². The number of esters is 1. The molecule has 0 unspecified atom stereocenters. The Hall–Kier alpha value is -3.29. The molecule has 0 aliphatic rings. The second-order valence-electron chi connectivity index (χ2n) is 3.85. The van der Waals surface area contributed by atoms with E-state index in [1.807, 2.05) is 0 Å². The number of carbonyl (C=O) groups excluding carboxylic acids is 1. The van der Waals surface area contributed by atoms with Gasteiger partial charge in [0.15, 0.2) is 0 Å². The van der Waals surface area contributed by atoms with Gasteiger partial charge in [0.2, 0.25) is 0 Å². The Labute approximate surface area is 117 Å². The van der Waals surface area contributed by atoms with Crippen molar-refractivity contribution in [3.63, 3.8) is 0 Å². The number of aromatic nitrogens is 1. The van der Waals surface area contributed by atoms with Crippen LogP contribution in [-0.4, -0.2) is 27.0 Å². The van der Waals surface area contributed by atoms with E-state index in [1.165, 1.54) is 42.5 Å². The number of nitrogens with zero attached hydrogens (tertiary/aromatic N) is 2. The van der Waals surface area contributed by atoms with Crippen LogP contribution < -0.4 is 4.74 Å². The molecule has 2 rings (SSSR count). The topological polar surface area (TPSA) is 120 Å². The molecule has 21 heavy (non-hydrogen) atoms. The lowest BCUT2D eigenvalue weighted by molar-refractivity contribution is -0.384. The number of benzene rings is 1. The fraction of sp³-hybridized carbons (Fsp3) is 0. The Balaban J connectivity index is 2.16. The molecule has 8 heteroatoms. The number of pyridine rings is 1. The van der Waals surface area contributed by atoms with Gasteiger partial charge in [-0.3, -0.25) is 10.1 Å². The van der Waals surface area contributed by atoms with Gasteiger partial charge in [-0.2, -0.15) is 0 Å². The fourth-order valence-electron chi connectivity index (χ4n) is 1.46. The van der Waals surface area contributed by atoms with Gasteiger partial charge in [-0.25, -0.2) is 14.6 Å². The van der Waals surface area contributed by atoms with E-state index in [0.717, 1.165) is 0 Å². The number of aromatic carboxylic acids is 1. The quantitative estimate of drug-likeness (QED) is 0.395. The van der Waals surface area contributed by atoms with Crippen LogP contribution in [0.15, 0.2) is 42.5 Å². The molecule has 8 nitrogen and oxygen atoms in total. The summed E-state index contributed by atoms with van der Waals surface area (Å²) in [6.07, 6.45) is 0. The van der Waals surface area contributed by atoms with E-state index >= 15 is 0 Å². The molecule has 1 aromatic heterocycles. The summed E-state index contributed by atoms with van der Waals surface area (Å²) < 4.78 is 4.95. The van der Waals surface area contributed by atoms with Gasteiger partial charge in [-0.05, 0) is 24.3 Å². The van der Waals surface area contributed by atoms with Gasteiger partial charge in [0.25, 0.3) is 5.69 Å². The van der Waals surface area contributed by atoms with Crippen LogP contribution in [-0.2, 0) is 0 Å². The summed E-state index contributed by atoms with van der Waals surface area (Å²) in [7, 11) is 0. The maximum Gasteiger partial charge on any atom is 0.362 e. The molecular formula is C13H8N2O6. The van der Waals surface area contributed by atoms with Crippen LogP contribution in [0.4, 0.5) is 5.69 Å². The van der Waals surface area contributed by atoms with E-state index in [9.17, 15) is 19.7 Å². The third-order valence-electron chi connectivity index (χ3n) is 2.44. The Morgan fingerprint density at radius 2 is 1.71 bits per heavy atom. The van der Waals surface area contributed by atoms with Crippen LogP contribution in [0.5, 0.6) is 5.75 Å². The number of nitro benzene ring substituents is 1. The summed E-state index contributed by atoms with van der Waals surface area (Å²) >= 11 is 0. The van der Waals surface area contributed by atoms with E-state index in [0.29, 0.717) is 0 Å². The van der Waals surface area contributed by atoms with Crippen molar-refractivity contribution < 1.29 is 24.4 Å². The van der Waals surface area contributed by atoms with Crippen LogP contribution in [0.2, 0.25) is 0 Å². The standard InChI is InChI=1S/C13H8N2O6/c16-12(17)10-2-1-3-11(14-10)13(18)21-9-6-4-8(5-7-9)15(19)20/h1-7H,(H,16,17). The van der Waals surface area contributed by atoms with Gasteiger partial charge in [0, 0.05) is 12.1 Å². The third kappa shape index (κ3) is 3.38. The van der Waals surface area contributed by atoms with Gasteiger partial charge in [-0.15, -0.1) is 0 Å². The van der Waals surface area contributed by atoms with Gasteiger partial charge in [0.1, 0.15) is 17.1 Å². The number of carboxylic acid groups (broad SMARTS) is 1. The Bertz CT molecular complexity index is 711. The molecule has 0 radical (unpaired) electrons. The minimum Gasteiger partial charge on any atom is -0.477 e. The fourth-order valence-corrected chi connectivity index (χ4v) is 1.46. The number of hydrogen-bond acceptors (Lipinski definition) is 6. The summed E-state index contributed by atoms with van der Waals surface area (Å²) in [5, 5.41) is 19.3. The van der Waals surface area contributed by atoms with Crippen molar-refractivity contribution in [3.8, 4) is 5.75 Å². The van der Waals surface area contributed by atoms with Gasteiger partial charge in [0.05, 0.1) is 4.92 Å². The molecule has 106 valence electrons. The van der Waals surface area contributed by atoms with Crippen LogP contribution in [0.3, 0.4) is 0 Å². The van der Waals surface area contributed by atoms with Crippen LogP contribution >= 0.6 is 0 Å². The smallest absolute Gasteiger partial charge is 0.362 e. The number of carbonyl (C=O) groups is 2. The zero-order valence-electron chi connectivity index (χ0n) is 10.4. The van der Waals surface area contributed by atoms with Crippen molar-refractivity contribution in [1.82, 2.24) is 4.98 Å². The minimum atomic E-state index is -1.26. The SMILES string of the molecule is O=C(O)c1cccc(C(=O)Oc2ccc([N+](=O)[O-])cc2)n1. The van der Waals surface area contributed by atoms with Crippen molar-refractivity contribution in [1.29, 1.82) is 0 Å². The molecule has 0 saturated carbocycles. The number of hydrogen-bond donors (Lipinski definition) is 1. The molecule has 1 aromatic carbocycles. The van der Waals surface area contributed by atoms with Gasteiger partial charge >= 0.3 is 11.9 Å². The van der Waals surface area contributed by atoms with Crippen molar-refractivity contribution >= 4 is 17.6 Å². The Morgan fingerprint density at radius 3 is 2.29 bits per heavy atom. The van der Waals surface area contributed by atoms with E-state index in [4.69, 9.17) is 9.84 Å². The largest absolute Gasteiger partial charge is 0.477 e. The summed E-state index contributed by atoms with van der Waals surface area (Å²) in [4.78, 5) is 36.1. The minimum absolute atomic E-state index is 0.0909. The van der Waals surface area contributed by atoms with Crippen molar-refractivity contribution in [2.24, 2.45) is 0 Å². The number of nitro groups is 1. The van der Waals surface area contributed by atoms with Crippen LogP contribution in [0, 0.1) is 10.1 Å². The lowest BCUT2D eigenvalue weighted by Crippen LogP contribution is -2.13. The highest BCUT2D eigenvalue weighted by atomic mass is 16.6. The molecule has 0 atom stereocenters. The maximum absolute atomic E-state index is 11.8. The van der Waals surface area contributed by atoms with E-state index in [2.05, 4.69) is 4.98 Å². The van der Waals surface area contributed by atoms with E-state index in [-0.39, 0.29) is 22.8 Å². The second kappa shape index (κ2) is 5.78. The highest BCUT2D eigenvalue weighted by Crippen LogP contribution is 2.18. The van der Waals surface area contributed by atoms with E-state index < -0.39 is 16.9 Å². The molecule has 0 aliphatic heterocycles. The highest BCUT2D eigenvalue weighted by molar-refractivity contribution is 5.91. The van der Waals surface area contributed by atoms with Crippen LogP contribution in [0.25, 0.3) is 0 Å². The normalized spacial score (nSPS) is 9.90. The molecule has 0 aliphatic carbocycles. The van der Waals surface area contributed by atoms with Crippen molar-refractivity contribution in [3.05, 3.63) is 64.0 Å². The number of carboxylic acids is 1. The molecule has 0 bridgehead atoms. The third-order valence-corrected chi connectivity index (χ3v) is 2.44. The number of non-ortho nitro benzene ring substituents is 1. The number of ether oxygens (including phenoxy) is 1.